The third-order valence-corrected chi connectivity index (χ3v) is 3.11. The molecule has 132 valence electrons. The van der Waals surface area contributed by atoms with Crippen molar-refractivity contribution in [3.8, 4) is 6.07 Å². The van der Waals surface area contributed by atoms with Crippen molar-refractivity contribution in [2.24, 2.45) is 0 Å². The van der Waals surface area contributed by atoms with Gasteiger partial charge in [0.25, 0.3) is 5.91 Å². The van der Waals surface area contributed by atoms with Crippen LogP contribution in [0, 0.1) is 25.2 Å². The van der Waals surface area contributed by atoms with Crippen molar-refractivity contribution < 1.29 is 4.79 Å². The highest BCUT2D eigenvalue weighted by Crippen LogP contribution is 2.11. The van der Waals surface area contributed by atoms with E-state index in [4.69, 9.17) is 28.5 Å². The number of amides is 1. The fraction of sp³-hybridized carbons (Fsp3) is 0.333. The zero-order valence-corrected chi connectivity index (χ0v) is 16.3. The van der Waals surface area contributed by atoms with Crippen LogP contribution in [0.25, 0.3) is 0 Å². The van der Waals surface area contributed by atoms with Gasteiger partial charge in [-0.05, 0) is 58.9 Å². The van der Waals surface area contributed by atoms with Gasteiger partial charge in [-0.1, -0.05) is 23.2 Å². The standard InChI is InChI=1S/C11H15ClN2O.C7H5ClN2/c1-7-5-8(6-9(12)13-7)10(15)14-11(2,3)4;1-5-2-6(4-9)3-7(8)10-5/h5-6H,1-4H3,(H,14,15);2-3H,1H3. The maximum Gasteiger partial charge on any atom is 0.251 e. The Labute approximate surface area is 158 Å². The van der Waals surface area contributed by atoms with Gasteiger partial charge in [-0.2, -0.15) is 5.26 Å². The number of nitrogens with one attached hydrogen (secondary N) is 1. The van der Waals surface area contributed by atoms with Crippen LogP contribution < -0.4 is 5.32 Å². The lowest BCUT2D eigenvalue weighted by Gasteiger charge is -2.20. The molecule has 0 aliphatic heterocycles. The molecule has 1 amide bonds. The Hall–Kier alpha value is -2.16. The second-order valence-electron chi connectivity index (χ2n) is 6.46. The summed E-state index contributed by atoms with van der Waals surface area (Å²) < 4.78 is 0. The molecular weight excluding hydrogens is 359 g/mol. The van der Waals surface area contributed by atoms with Crippen LogP contribution in [-0.4, -0.2) is 21.4 Å². The van der Waals surface area contributed by atoms with Crippen molar-refractivity contribution in [2.75, 3.05) is 0 Å². The molecule has 2 aromatic rings. The summed E-state index contributed by atoms with van der Waals surface area (Å²) in [6.07, 6.45) is 0. The Morgan fingerprint density at radius 3 is 2.00 bits per heavy atom. The molecule has 0 fully saturated rings. The number of aryl methyl sites for hydroxylation is 2. The summed E-state index contributed by atoms with van der Waals surface area (Å²) >= 11 is 11.3. The van der Waals surface area contributed by atoms with Crippen LogP contribution in [0.4, 0.5) is 0 Å². The minimum atomic E-state index is -0.249. The van der Waals surface area contributed by atoms with Gasteiger partial charge in [-0.15, -0.1) is 0 Å². The Kier molecular flexibility index (Phi) is 7.35. The maximum atomic E-state index is 11.8. The lowest BCUT2D eigenvalue weighted by atomic mass is 10.1. The molecule has 0 saturated heterocycles. The summed E-state index contributed by atoms with van der Waals surface area (Å²) in [5, 5.41) is 12.0. The molecule has 0 aliphatic rings. The van der Waals surface area contributed by atoms with Gasteiger partial charge in [-0.3, -0.25) is 4.79 Å². The molecule has 0 aromatic carbocycles. The topological polar surface area (TPSA) is 78.7 Å². The van der Waals surface area contributed by atoms with Crippen LogP contribution in [-0.2, 0) is 0 Å². The van der Waals surface area contributed by atoms with Crippen molar-refractivity contribution in [1.29, 1.82) is 5.26 Å². The van der Waals surface area contributed by atoms with E-state index in [9.17, 15) is 4.79 Å². The highest BCUT2D eigenvalue weighted by atomic mass is 35.5. The lowest BCUT2D eigenvalue weighted by Crippen LogP contribution is -2.40. The van der Waals surface area contributed by atoms with Gasteiger partial charge in [0.2, 0.25) is 0 Å². The van der Waals surface area contributed by atoms with E-state index in [-0.39, 0.29) is 11.4 Å². The van der Waals surface area contributed by atoms with Crippen molar-refractivity contribution >= 4 is 29.1 Å². The van der Waals surface area contributed by atoms with E-state index < -0.39 is 0 Å². The van der Waals surface area contributed by atoms with Crippen LogP contribution in [0.3, 0.4) is 0 Å². The average molecular weight is 379 g/mol. The highest BCUT2D eigenvalue weighted by molar-refractivity contribution is 6.30. The van der Waals surface area contributed by atoms with Crippen LogP contribution >= 0.6 is 23.2 Å². The molecule has 1 N–H and O–H groups in total. The predicted octanol–water partition coefficient (Wildman–Crippen LogP) is 4.49. The SMILES string of the molecule is Cc1cc(C#N)cc(Cl)n1.Cc1cc(C(=O)NC(C)(C)C)cc(Cl)n1. The van der Waals surface area contributed by atoms with E-state index in [0.717, 1.165) is 11.4 Å². The van der Waals surface area contributed by atoms with E-state index in [2.05, 4.69) is 15.3 Å². The third-order valence-electron chi connectivity index (χ3n) is 2.72. The molecular formula is C18H20Cl2N4O. The zero-order valence-electron chi connectivity index (χ0n) is 14.8. The minimum absolute atomic E-state index is 0.130. The number of nitriles is 1. The summed E-state index contributed by atoms with van der Waals surface area (Å²) in [5.41, 5.74) is 2.35. The second-order valence-corrected chi connectivity index (χ2v) is 7.23. The second kappa shape index (κ2) is 8.80. The number of halogens is 2. The molecule has 0 atom stereocenters. The van der Waals surface area contributed by atoms with E-state index >= 15 is 0 Å². The monoisotopic (exact) mass is 378 g/mol. The largest absolute Gasteiger partial charge is 0.347 e. The van der Waals surface area contributed by atoms with Crippen LogP contribution in [0.5, 0.6) is 0 Å². The molecule has 0 unspecified atom stereocenters. The first kappa shape index (κ1) is 20.9. The predicted molar refractivity (Wildman–Crippen MR) is 99.9 cm³/mol. The summed E-state index contributed by atoms with van der Waals surface area (Å²) in [6.45, 7) is 9.40. The van der Waals surface area contributed by atoms with Gasteiger partial charge in [-0.25, -0.2) is 9.97 Å². The van der Waals surface area contributed by atoms with Gasteiger partial charge >= 0.3 is 0 Å². The smallest absolute Gasteiger partial charge is 0.251 e. The summed E-state index contributed by atoms with van der Waals surface area (Å²) in [5.74, 6) is -0.130. The molecule has 0 spiro atoms. The van der Waals surface area contributed by atoms with Crippen LogP contribution in [0.15, 0.2) is 24.3 Å². The quantitative estimate of drug-likeness (QED) is 0.741. The average Bonchev–Trinajstić information content (AvgIpc) is 2.44. The van der Waals surface area contributed by atoms with Gasteiger partial charge in [0, 0.05) is 22.5 Å². The number of aromatic nitrogens is 2. The Morgan fingerprint density at radius 1 is 1.04 bits per heavy atom. The molecule has 7 heteroatoms. The summed E-state index contributed by atoms with van der Waals surface area (Å²) in [4.78, 5) is 19.7. The maximum absolute atomic E-state index is 11.8. The third kappa shape index (κ3) is 7.97. The van der Waals surface area contributed by atoms with Gasteiger partial charge in [0.05, 0.1) is 11.6 Å². The normalized spacial score (nSPS) is 10.3. The molecule has 2 rings (SSSR count). The minimum Gasteiger partial charge on any atom is -0.347 e. The molecule has 2 heterocycles. The molecule has 0 radical (unpaired) electrons. The van der Waals surface area contributed by atoms with Crippen molar-refractivity contribution in [2.45, 2.75) is 40.2 Å². The summed E-state index contributed by atoms with van der Waals surface area (Å²) in [6, 6.07) is 8.49. The first-order chi connectivity index (χ1) is 11.5. The summed E-state index contributed by atoms with van der Waals surface area (Å²) in [7, 11) is 0. The molecule has 5 nitrogen and oxygen atoms in total. The number of carbonyl (C=O) groups excluding carboxylic acids is 1. The van der Waals surface area contributed by atoms with Gasteiger partial charge in [0.1, 0.15) is 10.3 Å². The number of nitrogens with zero attached hydrogens (tertiary/aromatic N) is 3. The first-order valence-electron chi connectivity index (χ1n) is 7.51. The number of carbonyl (C=O) groups is 1. The van der Waals surface area contributed by atoms with Crippen LogP contribution in [0.1, 0.15) is 48.1 Å². The van der Waals surface area contributed by atoms with E-state index in [1.807, 2.05) is 26.8 Å². The van der Waals surface area contributed by atoms with Crippen LogP contribution in [0.2, 0.25) is 10.3 Å². The Morgan fingerprint density at radius 2 is 1.56 bits per heavy atom. The first-order valence-corrected chi connectivity index (χ1v) is 8.27. The lowest BCUT2D eigenvalue weighted by molar-refractivity contribution is 0.0919. The van der Waals surface area contributed by atoms with Crippen molar-refractivity contribution in [3.63, 3.8) is 0 Å². The Bertz CT molecular complexity index is 767. The fourth-order valence-electron chi connectivity index (χ4n) is 1.86. The molecule has 0 bridgehead atoms. The molecule has 0 saturated carbocycles. The van der Waals surface area contributed by atoms with Crippen molar-refractivity contribution in [1.82, 2.24) is 15.3 Å². The number of hydrogen-bond donors (Lipinski definition) is 1. The van der Waals surface area contributed by atoms with E-state index in [0.29, 0.717) is 21.4 Å². The molecule has 25 heavy (non-hydrogen) atoms. The highest BCUT2D eigenvalue weighted by Gasteiger charge is 2.15. The van der Waals surface area contributed by atoms with E-state index in [1.165, 1.54) is 6.07 Å². The van der Waals surface area contributed by atoms with E-state index in [1.54, 1.807) is 32.0 Å². The van der Waals surface area contributed by atoms with Gasteiger partial charge < -0.3 is 5.32 Å². The number of pyridine rings is 2. The number of hydrogen-bond acceptors (Lipinski definition) is 4. The zero-order chi connectivity index (χ0) is 19.2. The van der Waals surface area contributed by atoms with Gasteiger partial charge in [0.15, 0.2) is 0 Å². The van der Waals surface area contributed by atoms with Crippen molar-refractivity contribution in [3.05, 3.63) is 57.1 Å². The molecule has 0 aliphatic carbocycles. The Balaban J connectivity index is 0.000000271. The molecule has 2 aromatic heterocycles. The number of rotatable bonds is 1. The fourth-order valence-corrected chi connectivity index (χ4v) is 2.37.